The summed E-state index contributed by atoms with van der Waals surface area (Å²) >= 11 is 0. The van der Waals surface area contributed by atoms with Crippen molar-refractivity contribution in [2.45, 2.75) is 33.2 Å². The average Bonchev–Trinajstić information content (AvgIpc) is 2.99. The highest BCUT2D eigenvalue weighted by Crippen LogP contribution is 2.21. The van der Waals surface area contributed by atoms with Crippen molar-refractivity contribution in [1.82, 2.24) is 9.80 Å². The van der Waals surface area contributed by atoms with Gasteiger partial charge in [-0.15, -0.1) is 0 Å². The highest BCUT2D eigenvalue weighted by atomic mass is 32.2. The Morgan fingerprint density at radius 2 is 1.93 bits per heavy atom. The summed E-state index contributed by atoms with van der Waals surface area (Å²) in [5.41, 5.74) is 2.49. The third-order valence-corrected chi connectivity index (χ3v) is 7.38. The van der Waals surface area contributed by atoms with Crippen LogP contribution < -0.4 is 4.90 Å². The molecule has 0 spiro atoms. The van der Waals surface area contributed by atoms with E-state index in [4.69, 9.17) is 0 Å². The molecule has 2 aliphatic heterocycles. The Morgan fingerprint density at radius 1 is 1.21 bits per heavy atom. The van der Waals surface area contributed by atoms with Crippen molar-refractivity contribution in [2.75, 3.05) is 55.7 Å². The summed E-state index contributed by atoms with van der Waals surface area (Å²) in [5, 5.41) is 0. The molecule has 0 radical (unpaired) electrons. The maximum Gasteiger partial charge on any atom is 0.237 e. The molecule has 28 heavy (non-hydrogen) atoms. The fourth-order valence-electron chi connectivity index (χ4n) is 4.14. The molecule has 2 saturated heterocycles. The van der Waals surface area contributed by atoms with Crippen LogP contribution in [-0.4, -0.2) is 80.9 Å². The normalized spacial score (nSPS) is 22.6. The molecular weight excluding hydrogens is 374 g/mol. The number of piperazine rings is 1. The zero-order valence-corrected chi connectivity index (χ0v) is 18.1. The summed E-state index contributed by atoms with van der Waals surface area (Å²) in [7, 11) is -3.00. The Labute approximate surface area is 169 Å². The van der Waals surface area contributed by atoms with Gasteiger partial charge in [-0.1, -0.05) is 26.0 Å². The van der Waals surface area contributed by atoms with Crippen molar-refractivity contribution < 1.29 is 13.2 Å². The lowest BCUT2D eigenvalue weighted by Gasteiger charge is -2.38. The SMILES string of the molecule is Cc1cccc(N2CCN(CC(=O)N(CC(C)C)C3CCS(=O)(=O)C3)CC2)c1. The Kier molecular flexibility index (Phi) is 6.65. The lowest BCUT2D eigenvalue weighted by molar-refractivity contribution is -0.135. The van der Waals surface area contributed by atoms with E-state index in [-0.39, 0.29) is 23.5 Å². The minimum absolute atomic E-state index is 0.0693. The fraction of sp³-hybridized carbons (Fsp3) is 0.667. The minimum atomic E-state index is -3.00. The molecule has 0 aromatic heterocycles. The first kappa shape index (κ1) is 21.1. The molecule has 1 unspecified atom stereocenters. The molecule has 2 heterocycles. The zero-order valence-electron chi connectivity index (χ0n) is 17.3. The molecule has 6 nitrogen and oxygen atoms in total. The number of amides is 1. The quantitative estimate of drug-likeness (QED) is 0.720. The monoisotopic (exact) mass is 407 g/mol. The van der Waals surface area contributed by atoms with Gasteiger partial charge in [0.15, 0.2) is 9.84 Å². The van der Waals surface area contributed by atoms with E-state index in [0.29, 0.717) is 25.4 Å². The second-order valence-electron chi connectivity index (χ2n) is 8.60. The topological polar surface area (TPSA) is 60.9 Å². The van der Waals surface area contributed by atoms with Crippen molar-refractivity contribution in [1.29, 1.82) is 0 Å². The minimum Gasteiger partial charge on any atom is -0.369 e. The first-order chi connectivity index (χ1) is 13.2. The summed E-state index contributed by atoms with van der Waals surface area (Å²) in [5.74, 6) is 0.714. The van der Waals surface area contributed by atoms with Gasteiger partial charge >= 0.3 is 0 Å². The Balaban J connectivity index is 1.57. The summed E-state index contributed by atoms with van der Waals surface area (Å²) in [4.78, 5) is 19.4. The smallest absolute Gasteiger partial charge is 0.237 e. The zero-order chi connectivity index (χ0) is 20.3. The number of nitrogens with zero attached hydrogens (tertiary/aromatic N) is 3. The van der Waals surface area contributed by atoms with Crippen molar-refractivity contribution in [3.05, 3.63) is 29.8 Å². The van der Waals surface area contributed by atoms with Crippen LogP contribution in [0.15, 0.2) is 24.3 Å². The molecule has 1 aromatic carbocycles. The van der Waals surface area contributed by atoms with Gasteiger partial charge in [0.1, 0.15) is 0 Å². The molecule has 0 bridgehead atoms. The predicted molar refractivity (Wildman–Crippen MR) is 113 cm³/mol. The number of benzene rings is 1. The van der Waals surface area contributed by atoms with Gasteiger partial charge in [-0.2, -0.15) is 0 Å². The maximum atomic E-state index is 13.0. The van der Waals surface area contributed by atoms with Gasteiger partial charge in [-0.05, 0) is 37.0 Å². The molecule has 3 rings (SSSR count). The number of hydrogen-bond donors (Lipinski definition) is 0. The van der Waals surface area contributed by atoms with Crippen LogP contribution in [0, 0.1) is 12.8 Å². The molecule has 0 N–H and O–H groups in total. The molecule has 1 atom stereocenters. The molecule has 0 aliphatic carbocycles. The van der Waals surface area contributed by atoms with Crippen molar-refractivity contribution in [3.8, 4) is 0 Å². The van der Waals surface area contributed by atoms with Gasteiger partial charge < -0.3 is 9.80 Å². The van der Waals surface area contributed by atoms with Crippen LogP contribution in [0.3, 0.4) is 0 Å². The van der Waals surface area contributed by atoms with Crippen molar-refractivity contribution in [2.24, 2.45) is 5.92 Å². The van der Waals surface area contributed by atoms with Gasteiger partial charge in [0, 0.05) is 44.5 Å². The first-order valence-corrected chi connectivity index (χ1v) is 12.1. The van der Waals surface area contributed by atoms with Crippen LogP contribution in [0.5, 0.6) is 0 Å². The highest BCUT2D eigenvalue weighted by Gasteiger charge is 2.35. The molecule has 2 aliphatic rings. The maximum absolute atomic E-state index is 13.0. The number of rotatable bonds is 6. The van der Waals surface area contributed by atoms with E-state index in [1.165, 1.54) is 11.3 Å². The van der Waals surface area contributed by atoms with E-state index in [1.54, 1.807) is 0 Å². The van der Waals surface area contributed by atoms with Gasteiger partial charge in [-0.25, -0.2) is 8.42 Å². The van der Waals surface area contributed by atoms with E-state index in [2.05, 4.69) is 54.8 Å². The predicted octanol–water partition coefficient (Wildman–Crippen LogP) is 1.79. The number of carbonyl (C=O) groups is 1. The molecule has 1 amide bonds. The standard InChI is InChI=1S/C21H33N3O3S/c1-17(2)14-24(20-7-12-28(26,27)16-20)21(25)15-22-8-10-23(11-9-22)19-6-4-5-18(3)13-19/h4-6,13,17,20H,7-12,14-16H2,1-3H3. The fourth-order valence-corrected chi connectivity index (χ4v) is 5.87. The first-order valence-electron chi connectivity index (χ1n) is 10.3. The van der Waals surface area contributed by atoms with Crippen molar-refractivity contribution in [3.63, 3.8) is 0 Å². The molecule has 7 heteroatoms. The third kappa shape index (κ3) is 5.47. The van der Waals surface area contributed by atoms with Crippen LogP contribution in [-0.2, 0) is 14.6 Å². The van der Waals surface area contributed by atoms with E-state index in [1.807, 2.05) is 4.90 Å². The molecular formula is C21H33N3O3S. The summed E-state index contributed by atoms with van der Waals surface area (Å²) in [6, 6.07) is 8.36. The van der Waals surface area contributed by atoms with Crippen LogP contribution in [0.4, 0.5) is 5.69 Å². The number of carbonyl (C=O) groups excluding carboxylic acids is 1. The lowest BCUT2D eigenvalue weighted by atomic mass is 10.1. The number of sulfone groups is 1. The molecule has 2 fully saturated rings. The summed E-state index contributed by atoms with van der Waals surface area (Å²) in [6.07, 6.45) is 0.571. The Hall–Kier alpha value is -1.60. The van der Waals surface area contributed by atoms with Gasteiger partial charge in [0.2, 0.25) is 5.91 Å². The summed E-state index contributed by atoms with van der Waals surface area (Å²) in [6.45, 7) is 10.8. The van der Waals surface area contributed by atoms with Crippen molar-refractivity contribution >= 4 is 21.4 Å². The number of anilines is 1. The van der Waals surface area contributed by atoms with E-state index in [0.717, 1.165) is 26.2 Å². The summed E-state index contributed by atoms with van der Waals surface area (Å²) < 4.78 is 23.8. The molecule has 0 saturated carbocycles. The lowest BCUT2D eigenvalue weighted by Crippen LogP contribution is -2.52. The second kappa shape index (κ2) is 8.82. The third-order valence-electron chi connectivity index (χ3n) is 5.63. The van der Waals surface area contributed by atoms with E-state index < -0.39 is 9.84 Å². The van der Waals surface area contributed by atoms with E-state index >= 15 is 0 Å². The van der Waals surface area contributed by atoms with Gasteiger partial charge in [0.25, 0.3) is 0 Å². The van der Waals surface area contributed by atoms with Gasteiger partial charge in [-0.3, -0.25) is 9.69 Å². The molecule has 156 valence electrons. The Morgan fingerprint density at radius 3 is 2.50 bits per heavy atom. The van der Waals surface area contributed by atoms with Gasteiger partial charge in [0.05, 0.1) is 18.1 Å². The van der Waals surface area contributed by atoms with Crippen LogP contribution in [0.2, 0.25) is 0 Å². The largest absolute Gasteiger partial charge is 0.369 e. The van der Waals surface area contributed by atoms with E-state index in [9.17, 15) is 13.2 Å². The van der Waals surface area contributed by atoms with Crippen LogP contribution in [0.25, 0.3) is 0 Å². The molecule has 1 aromatic rings. The highest BCUT2D eigenvalue weighted by molar-refractivity contribution is 7.91. The average molecular weight is 408 g/mol. The Bertz CT molecular complexity index is 786. The number of hydrogen-bond acceptors (Lipinski definition) is 5. The second-order valence-corrected chi connectivity index (χ2v) is 10.8. The van der Waals surface area contributed by atoms with Crippen LogP contribution >= 0.6 is 0 Å². The number of aryl methyl sites for hydroxylation is 1. The van der Waals surface area contributed by atoms with Crippen LogP contribution in [0.1, 0.15) is 25.8 Å².